The van der Waals surface area contributed by atoms with Crippen molar-refractivity contribution < 1.29 is 4.79 Å². The number of carbonyl (C=O) groups is 1. The van der Waals surface area contributed by atoms with Crippen molar-refractivity contribution in [1.82, 2.24) is 15.2 Å². The lowest BCUT2D eigenvalue weighted by Crippen LogP contribution is -2.42. The molecule has 1 saturated heterocycles. The molecule has 0 unspecified atom stereocenters. The minimum Gasteiger partial charge on any atom is -0.338 e. The van der Waals surface area contributed by atoms with Crippen molar-refractivity contribution in [3.05, 3.63) is 40.0 Å². The van der Waals surface area contributed by atoms with E-state index in [2.05, 4.69) is 26.2 Å². The summed E-state index contributed by atoms with van der Waals surface area (Å²) in [4.78, 5) is 19.6. The number of rotatable bonds is 3. The van der Waals surface area contributed by atoms with E-state index in [4.69, 9.17) is 0 Å². The quantitative estimate of drug-likeness (QED) is 0.894. The van der Waals surface area contributed by atoms with E-state index < -0.39 is 0 Å². The van der Waals surface area contributed by atoms with Gasteiger partial charge in [0, 0.05) is 28.6 Å². The van der Waals surface area contributed by atoms with Gasteiger partial charge < -0.3 is 10.2 Å². The first-order valence-corrected chi connectivity index (χ1v) is 8.88. The Hall–Kier alpha value is -1.46. The Labute approximate surface area is 145 Å². The predicted octanol–water partition coefficient (Wildman–Crippen LogP) is 3.38. The third-order valence-corrected chi connectivity index (χ3v) is 4.92. The summed E-state index contributed by atoms with van der Waals surface area (Å²) in [6, 6.07) is 7.83. The number of nitrogens with one attached hydrogen (secondary N) is 1. The van der Waals surface area contributed by atoms with Gasteiger partial charge in [-0.05, 0) is 63.5 Å². The first-order valence-electron chi connectivity index (χ1n) is 8.09. The van der Waals surface area contributed by atoms with Gasteiger partial charge >= 0.3 is 0 Å². The van der Waals surface area contributed by atoms with E-state index in [0.29, 0.717) is 5.92 Å². The van der Waals surface area contributed by atoms with Gasteiger partial charge in [0.1, 0.15) is 0 Å². The maximum Gasteiger partial charge on any atom is 0.254 e. The number of amides is 1. The fraction of sp³-hybridized carbons (Fsp3) is 0.444. The molecule has 1 aromatic carbocycles. The molecule has 1 aromatic heterocycles. The molecular weight excluding hydrogens is 354 g/mol. The van der Waals surface area contributed by atoms with Crippen LogP contribution >= 0.6 is 15.9 Å². The highest BCUT2D eigenvalue weighted by Crippen LogP contribution is 2.25. The van der Waals surface area contributed by atoms with Crippen molar-refractivity contribution in [3.63, 3.8) is 0 Å². The van der Waals surface area contributed by atoms with Crippen molar-refractivity contribution in [2.75, 3.05) is 26.7 Å². The zero-order chi connectivity index (χ0) is 16.4. The van der Waals surface area contributed by atoms with Gasteiger partial charge in [0.15, 0.2) is 0 Å². The largest absolute Gasteiger partial charge is 0.338 e. The number of aryl methyl sites for hydroxylation is 1. The Balaban J connectivity index is 1.95. The van der Waals surface area contributed by atoms with Crippen LogP contribution in [0.4, 0.5) is 0 Å². The first kappa shape index (κ1) is 16.4. The highest BCUT2D eigenvalue weighted by Gasteiger charge is 2.25. The average molecular weight is 376 g/mol. The lowest BCUT2D eigenvalue weighted by Gasteiger charge is -2.33. The summed E-state index contributed by atoms with van der Waals surface area (Å²) in [5, 5.41) is 4.15. The van der Waals surface area contributed by atoms with Crippen molar-refractivity contribution in [2.45, 2.75) is 19.8 Å². The van der Waals surface area contributed by atoms with Gasteiger partial charge in [-0.1, -0.05) is 15.9 Å². The highest BCUT2D eigenvalue weighted by atomic mass is 79.9. The molecule has 1 fully saturated rings. The third-order valence-electron chi connectivity index (χ3n) is 4.43. The van der Waals surface area contributed by atoms with Crippen molar-refractivity contribution in [2.24, 2.45) is 5.92 Å². The SMILES string of the molecule is CNC[C@@H]1CCCN(C(=O)c2cc(C)nc3ccc(Br)cc23)C1. The molecule has 2 heterocycles. The number of benzene rings is 1. The van der Waals surface area contributed by atoms with Crippen LogP contribution in [0, 0.1) is 12.8 Å². The summed E-state index contributed by atoms with van der Waals surface area (Å²) < 4.78 is 0.969. The van der Waals surface area contributed by atoms with E-state index >= 15 is 0 Å². The Morgan fingerprint density at radius 1 is 1.43 bits per heavy atom. The fourth-order valence-corrected chi connectivity index (χ4v) is 3.74. The molecule has 0 spiro atoms. The maximum absolute atomic E-state index is 13.1. The second-order valence-electron chi connectivity index (χ2n) is 6.29. The zero-order valence-corrected chi connectivity index (χ0v) is 15.2. The summed E-state index contributed by atoms with van der Waals surface area (Å²) in [7, 11) is 1.97. The highest BCUT2D eigenvalue weighted by molar-refractivity contribution is 9.10. The second kappa shape index (κ2) is 6.97. The van der Waals surface area contributed by atoms with Crippen LogP contribution < -0.4 is 5.32 Å². The van der Waals surface area contributed by atoms with Crippen LogP contribution in [0.2, 0.25) is 0 Å². The van der Waals surface area contributed by atoms with Crippen molar-refractivity contribution >= 4 is 32.7 Å². The molecule has 2 aromatic rings. The number of carbonyl (C=O) groups excluding carboxylic acids is 1. The minimum absolute atomic E-state index is 0.124. The fourth-order valence-electron chi connectivity index (χ4n) is 3.38. The Morgan fingerprint density at radius 2 is 2.26 bits per heavy atom. The van der Waals surface area contributed by atoms with Gasteiger partial charge in [0.05, 0.1) is 11.1 Å². The van der Waals surface area contributed by atoms with E-state index in [1.54, 1.807) is 0 Å². The molecule has 23 heavy (non-hydrogen) atoms. The molecule has 0 bridgehead atoms. The molecule has 1 amide bonds. The average Bonchev–Trinajstić information content (AvgIpc) is 2.54. The molecular formula is C18H22BrN3O. The molecule has 122 valence electrons. The summed E-state index contributed by atoms with van der Waals surface area (Å²) in [6.45, 7) is 4.58. The van der Waals surface area contributed by atoms with Crippen molar-refractivity contribution in [3.8, 4) is 0 Å². The lowest BCUT2D eigenvalue weighted by molar-refractivity contribution is 0.0676. The number of hydrogen-bond acceptors (Lipinski definition) is 3. The molecule has 1 aliphatic rings. The smallest absolute Gasteiger partial charge is 0.254 e. The number of pyridine rings is 1. The molecule has 0 saturated carbocycles. The normalized spacial score (nSPS) is 18.4. The molecule has 5 heteroatoms. The first-order chi connectivity index (χ1) is 11.1. The van der Waals surface area contributed by atoms with Crippen LogP contribution in [0.5, 0.6) is 0 Å². The number of nitrogens with zero attached hydrogens (tertiary/aromatic N) is 2. The van der Waals surface area contributed by atoms with Crippen LogP contribution in [0.1, 0.15) is 28.9 Å². The number of fused-ring (bicyclic) bond motifs is 1. The Morgan fingerprint density at radius 3 is 3.04 bits per heavy atom. The standard InChI is InChI=1S/C18H22BrN3O/c1-12-8-16(15-9-14(19)5-6-17(15)21-12)18(23)22-7-3-4-13(11-22)10-20-2/h5-6,8-9,13,20H,3-4,7,10-11H2,1-2H3/t13-/m0/s1. The third kappa shape index (κ3) is 3.56. The zero-order valence-electron chi connectivity index (χ0n) is 13.6. The van der Waals surface area contributed by atoms with Crippen LogP contribution in [0.3, 0.4) is 0 Å². The van der Waals surface area contributed by atoms with Crippen LogP contribution in [0.25, 0.3) is 10.9 Å². The molecule has 0 radical (unpaired) electrons. The van der Waals surface area contributed by atoms with Crippen LogP contribution in [-0.2, 0) is 0 Å². The van der Waals surface area contributed by atoms with E-state index in [1.165, 1.54) is 6.42 Å². The van der Waals surface area contributed by atoms with Gasteiger partial charge in [0.25, 0.3) is 5.91 Å². The Kier molecular flexibility index (Phi) is 4.97. The summed E-state index contributed by atoms with van der Waals surface area (Å²) in [5.74, 6) is 0.665. The van der Waals surface area contributed by atoms with E-state index in [9.17, 15) is 4.79 Å². The molecule has 4 nitrogen and oxygen atoms in total. The van der Waals surface area contributed by atoms with Crippen LogP contribution in [0.15, 0.2) is 28.7 Å². The number of hydrogen-bond donors (Lipinski definition) is 1. The van der Waals surface area contributed by atoms with Crippen LogP contribution in [-0.4, -0.2) is 42.5 Å². The maximum atomic E-state index is 13.1. The summed E-state index contributed by atoms with van der Waals surface area (Å²) in [6.07, 6.45) is 2.26. The number of aromatic nitrogens is 1. The van der Waals surface area contributed by atoms with E-state index in [0.717, 1.165) is 52.7 Å². The monoisotopic (exact) mass is 375 g/mol. The number of piperidine rings is 1. The molecule has 0 aliphatic carbocycles. The molecule has 1 aliphatic heterocycles. The predicted molar refractivity (Wildman–Crippen MR) is 96.7 cm³/mol. The van der Waals surface area contributed by atoms with Crippen molar-refractivity contribution in [1.29, 1.82) is 0 Å². The molecule has 1 N–H and O–H groups in total. The van der Waals surface area contributed by atoms with Gasteiger partial charge in [-0.15, -0.1) is 0 Å². The Bertz CT molecular complexity index is 730. The summed E-state index contributed by atoms with van der Waals surface area (Å²) >= 11 is 3.50. The minimum atomic E-state index is 0.124. The lowest BCUT2D eigenvalue weighted by atomic mass is 9.96. The summed E-state index contributed by atoms with van der Waals surface area (Å²) in [5.41, 5.74) is 2.52. The van der Waals surface area contributed by atoms with Gasteiger partial charge in [-0.2, -0.15) is 0 Å². The molecule has 3 rings (SSSR count). The van der Waals surface area contributed by atoms with Gasteiger partial charge in [-0.25, -0.2) is 0 Å². The number of halogens is 1. The number of likely N-dealkylation sites (tertiary alicyclic amines) is 1. The van der Waals surface area contributed by atoms with E-state index in [-0.39, 0.29) is 5.91 Å². The van der Waals surface area contributed by atoms with Gasteiger partial charge in [-0.3, -0.25) is 9.78 Å². The topological polar surface area (TPSA) is 45.2 Å². The molecule has 1 atom stereocenters. The van der Waals surface area contributed by atoms with Gasteiger partial charge in [0.2, 0.25) is 0 Å². The second-order valence-corrected chi connectivity index (χ2v) is 7.21. The van der Waals surface area contributed by atoms with E-state index in [1.807, 2.05) is 43.1 Å².